The molecule has 0 spiro atoms. The first kappa shape index (κ1) is 16.6. The van der Waals surface area contributed by atoms with Crippen LogP contribution in [0.1, 0.15) is 51.8 Å². The summed E-state index contributed by atoms with van der Waals surface area (Å²) in [6.07, 6.45) is 2.11. The molecular weight excluding hydrogens is 310 g/mol. The summed E-state index contributed by atoms with van der Waals surface area (Å²) in [6, 6.07) is 0.198. The van der Waals surface area contributed by atoms with Crippen LogP contribution in [0.4, 0.5) is 4.79 Å². The van der Waals surface area contributed by atoms with Gasteiger partial charge in [0.1, 0.15) is 5.82 Å². The van der Waals surface area contributed by atoms with E-state index in [1.54, 1.807) is 0 Å². The highest BCUT2D eigenvalue weighted by molar-refractivity contribution is 8.00. The van der Waals surface area contributed by atoms with Crippen molar-refractivity contribution in [2.75, 3.05) is 12.3 Å². The monoisotopic (exact) mass is 337 g/mol. The van der Waals surface area contributed by atoms with Crippen LogP contribution < -0.4 is 5.32 Å². The molecule has 3 atom stereocenters. The minimum Gasteiger partial charge on any atom is -0.328 e. The summed E-state index contributed by atoms with van der Waals surface area (Å²) in [6.45, 7) is 10.4. The van der Waals surface area contributed by atoms with E-state index in [9.17, 15) is 4.79 Å². The van der Waals surface area contributed by atoms with Crippen molar-refractivity contribution in [1.29, 1.82) is 0 Å². The molecule has 3 rings (SSSR count). The SMILES string of the molecule is CC(C)[C@H](NC(=O)N1CCS[C@H](C)[C@@H]1C)c1nnc2n1CCC2. The molecule has 3 heterocycles. The van der Waals surface area contributed by atoms with Gasteiger partial charge in [0.2, 0.25) is 0 Å². The quantitative estimate of drug-likeness (QED) is 0.920. The molecule has 1 aromatic heterocycles. The van der Waals surface area contributed by atoms with Crippen LogP contribution in [0.2, 0.25) is 0 Å². The minimum absolute atomic E-state index is 0.0266. The van der Waals surface area contributed by atoms with E-state index >= 15 is 0 Å². The Morgan fingerprint density at radius 1 is 1.30 bits per heavy atom. The topological polar surface area (TPSA) is 63.1 Å². The van der Waals surface area contributed by atoms with E-state index in [2.05, 4.69) is 47.8 Å². The van der Waals surface area contributed by atoms with E-state index in [-0.39, 0.29) is 24.0 Å². The molecule has 0 aromatic carbocycles. The number of urea groups is 1. The lowest BCUT2D eigenvalue weighted by Gasteiger charge is -2.38. The minimum atomic E-state index is -0.0843. The first-order valence-corrected chi connectivity index (χ1v) is 9.64. The molecule has 0 saturated carbocycles. The number of amides is 2. The highest BCUT2D eigenvalue weighted by atomic mass is 32.2. The molecule has 0 aliphatic carbocycles. The molecule has 2 aliphatic rings. The molecule has 23 heavy (non-hydrogen) atoms. The summed E-state index contributed by atoms with van der Waals surface area (Å²) in [5.41, 5.74) is 0. The van der Waals surface area contributed by atoms with Gasteiger partial charge in [-0.3, -0.25) is 0 Å². The molecule has 6 nitrogen and oxygen atoms in total. The Morgan fingerprint density at radius 3 is 2.83 bits per heavy atom. The number of aryl methyl sites for hydroxylation is 1. The molecule has 2 amide bonds. The summed E-state index contributed by atoms with van der Waals surface area (Å²) >= 11 is 1.94. The lowest BCUT2D eigenvalue weighted by atomic mass is 10.0. The van der Waals surface area contributed by atoms with Gasteiger partial charge < -0.3 is 14.8 Å². The third kappa shape index (κ3) is 3.20. The number of nitrogens with zero attached hydrogens (tertiary/aromatic N) is 4. The molecule has 1 N–H and O–H groups in total. The van der Waals surface area contributed by atoms with Crippen LogP contribution in [0.5, 0.6) is 0 Å². The van der Waals surface area contributed by atoms with Gasteiger partial charge in [0.25, 0.3) is 0 Å². The van der Waals surface area contributed by atoms with Gasteiger partial charge in [0.05, 0.1) is 6.04 Å². The van der Waals surface area contributed by atoms with Crippen molar-refractivity contribution in [3.8, 4) is 0 Å². The van der Waals surface area contributed by atoms with Crippen molar-refractivity contribution in [2.24, 2.45) is 5.92 Å². The van der Waals surface area contributed by atoms with Crippen molar-refractivity contribution in [3.05, 3.63) is 11.6 Å². The molecular formula is C16H27N5OS. The van der Waals surface area contributed by atoms with Gasteiger partial charge in [-0.2, -0.15) is 11.8 Å². The largest absolute Gasteiger partial charge is 0.328 e. The fourth-order valence-corrected chi connectivity index (χ4v) is 4.47. The van der Waals surface area contributed by atoms with Gasteiger partial charge in [-0.15, -0.1) is 10.2 Å². The average Bonchev–Trinajstić information content (AvgIpc) is 3.10. The van der Waals surface area contributed by atoms with E-state index in [1.807, 2.05) is 16.7 Å². The van der Waals surface area contributed by atoms with Crippen LogP contribution in [0.15, 0.2) is 0 Å². The molecule has 7 heteroatoms. The molecule has 1 fully saturated rings. The van der Waals surface area contributed by atoms with Crippen LogP contribution in [-0.4, -0.2) is 49.3 Å². The highest BCUT2D eigenvalue weighted by Gasteiger charge is 2.33. The van der Waals surface area contributed by atoms with Gasteiger partial charge in [0, 0.05) is 36.6 Å². The van der Waals surface area contributed by atoms with Crippen LogP contribution in [0, 0.1) is 5.92 Å². The van der Waals surface area contributed by atoms with E-state index < -0.39 is 0 Å². The Morgan fingerprint density at radius 2 is 2.09 bits per heavy atom. The second-order valence-electron chi connectivity index (χ2n) is 6.91. The first-order chi connectivity index (χ1) is 11.0. The maximum absolute atomic E-state index is 12.8. The summed E-state index contributed by atoms with van der Waals surface area (Å²) in [7, 11) is 0. The van der Waals surface area contributed by atoms with Crippen molar-refractivity contribution in [3.63, 3.8) is 0 Å². The Bertz CT molecular complexity index is 573. The average molecular weight is 337 g/mol. The normalized spacial score (nSPS) is 25.5. The number of aromatic nitrogens is 3. The van der Waals surface area contributed by atoms with Crippen molar-refractivity contribution in [2.45, 2.75) is 64.4 Å². The van der Waals surface area contributed by atoms with Crippen molar-refractivity contribution in [1.82, 2.24) is 25.0 Å². The summed E-state index contributed by atoms with van der Waals surface area (Å²) in [5, 5.41) is 12.4. The van der Waals surface area contributed by atoms with Crippen molar-refractivity contribution < 1.29 is 4.79 Å². The third-order valence-corrected chi connectivity index (χ3v) is 6.34. The molecule has 0 bridgehead atoms. The fourth-order valence-electron chi connectivity index (χ4n) is 3.37. The van der Waals surface area contributed by atoms with E-state index in [4.69, 9.17) is 0 Å². The molecule has 0 unspecified atom stereocenters. The zero-order valence-electron chi connectivity index (χ0n) is 14.5. The molecule has 2 aliphatic heterocycles. The van der Waals surface area contributed by atoms with Crippen LogP contribution in [0.3, 0.4) is 0 Å². The predicted octanol–water partition coefficient (Wildman–Crippen LogP) is 2.46. The van der Waals surface area contributed by atoms with Gasteiger partial charge >= 0.3 is 6.03 Å². The summed E-state index contributed by atoms with van der Waals surface area (Å²) in [5.74, 6) is 3.25. The lowest BCUT2D eigenvalue weighted by Crippen LogP contribution is -2.53. The smallest absolute Gasteiger partial charge is 0.318 e. The molecule has 0 radical (unpaired) electrons. The van der Waals surface area contributed by atoms with Gasteiger partial charge in [0.15, 0.2) is 5.82 Å². The number of thioether (sulfide) groups is 1. The maximum atomic E-state index is 12.8. The molecule has 1 saturated heterocycles. The third-order valence-electron chi connectivity index (χ3n) is 5.01. The first-order valence-electron chi connectivity index (χ1n) is 8.59. The van der Waals surface area contributed by atoms with Gasteiger partial charge in [-0.05, 0) is 19.3 Å². The second-order valence-corrected chi connectivity index (χ2v) is 8.40. The van der Waals surface area contributed by atoms with Crippen molar-refractivity contribution >= 4 is 17.8 Å². The number of carbonyl (C=O) groups is 1. The predicted molar refractivity (Wildman–Crippen MR) is 92.5 cm³/mol. The fraction of sp³-hybridized carbons (Fsp3) is 0.812. The second kappa shape index (κ2) is 6.71. The van der Waals surface area contributed by atoms with Crippen LogP contribution in [-0.2, 0) is 13.0 Å². The Balaban J connectivity index is 1.76. The summed E-state index contributed by atoms with van der Waals surface area (Å²) < 4.78 is 2.18. The number of fused-ring (bicyclic) bond motifs is 1. The number of nitrogens with one attached hydrogen (secondary N) is 1. The van der Waals surface area contributed by atoms with Crippen LogP contribution in [0.25, 0.3) is 0 Å². The number of rotatable bonds is 3. The number of carbonyl (C=O) groups excluding carboxylic acids is 1. The van der Waals surface area contributed by atoms with Gasteiger partial charge in [-0.25, -0.2) is 4.79 Å². The Kier molecular flexibility index (Phi) is 4.85. The summed E-state index contributed by atoms with van der Waals surface area (Å²) in [4.78, 5) is 14.8. The van der Waals surface area contributed by atoms with Crippen LogP contribution >= 0.6 is 11.8 Å². The Hall–Kier alpha value is -1.24. The zero-order chi connectivity index (χ0) is 16.6. The highest BCUT2D eigenvalue weighted by Crippen LogP contribution is 2.27. The standard InChI is InChI=1S/C16H27N5OS/c1-10(2)14(15-19-18-13-6-5-7-21(13)15)17-16(22)20-8-9-23-12(4)11(20)3/h10-12,14H,5-9H2,1-4H3,(H,17,22)/t11-,12+,14-/m0/s1. The maximum Gasteiger partial charge on any atom is 0.318 e. The number of hydrogen-bond donors (Lipinski definition) is 1. The van der Waals surface area contributed by atoms with Gasteiger partial charge in [-0.1, -0.05) is 20.8 Å². The number of hydrogen-bond acceptors (Lipinski definition) is 4. The van der Waals surface area contributed by atoms with E-state index in [1.165, 1.54) is 0 Å². The zero-order valence-corrected chi connectivity index (χ0v) is 15.3. The molecule has 1 aromatic rings. The van der Waals surface area contributed by atoms with E-state index in [0.29, 0.717) is 5.25 Å². The Labute approximate surface area is 142 Å². The lowest BCUT2D eigenvalue weighted by molar-refractivity contribution is 0.172. The molecule has 128 valence electrons. The van der Waals surface area contributed by atoms with E-state index in [0.717, 1.165) is 43.3 Å².